The van der Waals surface area contributed by atoms with Gasteiger partial charge in [-0.05, 0) is 25.7 Å². The van der Waals surface area contributed by atoms with Crippen LogP contribution in [0.2, 0.25) is 0 Å². The highest BCUT2D eigenvalue weighted by Crippen LogP contribution is 2.23. The zero-order valence-corrected chi connectivity index (χ0v) is 13.0. The molecule has 1 aliphatic carbocycles. The minimum atomic E-state index is -0.802. The largest absolute Gasteiger partial charge is 0.480 e. The summed E-state index contributed by atoms with van der Waals surface area (Å²) in [5.41, 5.74) is 0. The summed E-state index contributed by atoms with van der Waals surface area (Å²) in [6, 6.07) is -0.174. The van der Waals surface area contributed by atoms with Gasteiger partial charge in [0.15, 0.2) is 0 Å². The van der Waals surface area contributed by atoms with Crippen molar-refractivity contribution in [3.63, 3.8) is 0 Å². The normalized spacial score (nSPS) is 29.0. The van der Waals surface area contributed by atoms with Gasteiger partial charge in [-0.2, -0.15) is 0 Å². The summed E-state index contributed by atoms with van der Waals surface area (Å²) >= 11 is 0. The summed E-state index contributed by atoms with van der Waals surface area (Å²) in [6.45, 7) is 6.36. The van der Waals surface area contributed by atoms with Crippen molar-refractivity contribution in [2.75, 3.05) is 26.2 Å². The minimum absolute atomic E-state index is 0.0105. The Balaban J connectivity index is 1.79. The van der Waals surface area contributed by atoms with E-state index in [2.05, 4.69) is 12.2 Å². The van der Waals surface area contributed by atoms with Crippen LogP contribution in [0.5, 0.6) is 0 Å². The first kappa shape index (κ1) is 16.1. The third-order valence-corrected chi connectivity index (χ3v) is 4.93. The summed E-state index contributed by atoms with van der Waals surface area (Å²) in [4.78, 5) is 27.0. The van der Waals surface area contributed by atoms with Gasteiger partial charge in [0.05, 0.1) is 0 Å². The van der Waals surface area contributed by atoms with Crippen LogP contribution in [0.4, 0.5) is 4.79 Å². The standard InChI is InChI=1S/C15H27N3O3/c1-11-5-3-4-6-13(11)16-15(21)18-9-7-17(8-10-18)12(2)14(19)20/h11-13H,3-10H2,1-2H3,(H,16,21)(H,19,20). The molecule has 0 radical (unpaired) electrons. The number of nitrogens with one attached hydrogen (secondary N) is 1. The van der Waals surface area contributed by atoms with Crippen LogP contribution in [0.15, 0.2) is 0 Å². The number of carboxylic acid groups (broad SMARTS) is 1. The number of carbonyl (C=O) groups excluding carboxylic acids is 1. The topological polar surface area (TPSA) is 72.9 Å². The van der Waals surface area contributed by atoms with Crippen LogP contribution in [-0.4, -0.2) is 65.2 Å². The lowest BCUT2D eigenvalue weighted by atomic mass is 9.86. The first-order valence-corrected chi connectivity index (χ1v) is 8.01. The Morgan fingerprint density at radius 3 is 2.33 bits per heavy atom. The maximum Gasteiger partial charge on any atom is 0.320 e. The molecule has 3 atom stereocenters. The Labute approximate surface area is 126 Å². The van der Waals surface area contributed by atoms with Crippen LogP contribution in [0, 0.1) is 5.92 Å². The highest BCUT2D eigenvalue weighted by molar-refractivity contribution is 5.75. The molecule has 2 amide bonds. The molecular formula is C15H27N3O3. The van der Waals surface area contributed by atoms with Crippen molar-refractivity contribution in [3.05, 3.63) is 0 Å². The molecule has 2 fully saturated rings. The van der Waals surface area contributed by atoms with E-state index in [0.29, 0.717) is 38.1 Å². The summed E-state index contributed by atoms with van der Waals surface area (Å²) < 4.78 is 0. The first-order valence-electron chi connectivity index (χ1n) is 8.01. The smallest absolute Gasteiger partial charge is 0.320 e. The Hall–Kier alpha value is -1.30. The minimum Gasteiger partial charge on any atom is -0.480 e. The predicted molar refractivity (Wildman–Crippen MR) is 80.2 cm³/mol. The molecule has 1 saturated heterocycles. The van der Waals surface area contributed by atoms with E-state index in [1.807, 2.05) is 9.80 Å². The van der Waals surface area contributed by atoms with Gasteiger partial charge in [0.1, 0.15) is 6.04 Å². The van der Waals surface area contributed by atoms with Crippen LogP contribution in [0.25, 0.3) is 0 Å². The quantitative estimate of drug-likeness (QED) is 0.825. The van der Waals surface area contributed by atoms with Gasteiger partial charge in [-0.25, -0.2) is 4.79 Å². The van der Waals surface area contributed by atoms with Crippen molar-refractivity contribution in [1.82, 2.24) is 15.1 Å². The number of amides is 2. The Bertz CT molecular complexity index is 380. The summed E-state index contributed by atoms with van der Waals surface area (Å²) in [6.07, 6.45) is 4.72. The van der Waals surface area contributed by atoms with Crippen LogP contribution in [0.1, 0.15) is 39.5 Å². The van der Waals surface area contributed by atoms with Crippen molar-refractivity contribution in [2.24, 2.45) is 5.92 Å². The van der Waals surface area contributed by atoms with Gasteiger partial charge in [-0.1, -0.05) is 19.8 Å². The number of hydrogen-bond donors (Lipinski definition) is 2. The van der Waals surface area contributed by atoms with E-state index >= 15 is 0 Å². The maximum absolute atomic E-state index is 12.3. The highest BCUT2D eigenvalue weighted by atomic mass is 16.4. The first-order chi connectivity index (χ1) is 9.99. The number of carboxylic acids is 1. The van der Waals surface area contributed by atoms with Gasteiger partial charge >= 0.3 is 12.0 Å². The fourth-order valence-electron chi connectivity index (χ4n) is 3.25. The molecule has 2 rings (SSSR count). The van der Waals surface area contributed by atoms with E-state index in [0.717, 1.165) is 6.42 Å². The molecule has 0 aromatic carbocycles. The molecule has 0 spiro atoms. The number of nitrogens with zero attached hydrogens (tertiary/aromatic N) is 2. The highest BCUT2D eigenvalue weighted by Gasteiger charge is 2.29. The van der Waals surface area contributed by atoms with E-state index in [1.54, 1.807) is 6.92 Å². The van der Waals surface area contributed by atoms with Gasteiger partial charge in [-0.15, -0.1) is 0 Å². The molecule has 1 saturated carbocycles. The van der Waals surface area contributed by atoms with Crippen molar-refractivity contribution in [1.29, 1.82) is 0 Å². The van der Waals surface area contributed by atoms with Crippen LogP contribution < -0.4 is 5.32 Å². The number of carbonyl (C=O) groups is 2. The van der Waals surface area contributed by atoms with Crippen LogP contribution >= 0.6 is 0 Å². The SMILES string of the molecule is CC1CCCCC1NC(=O)N1CCN(C(C)C(=O)O)CC1. The number of rotatable bonds is 3. The molecular weight excluding hydrogens is 270 g/mol. The molecule has 3 unspecified atom stereocenters. The van der Waals surface area contributed by atoms with Gasteiger partial charge in [0.2, 0.25) is 0 Å². The Morgan fingerprint density at radius 1 is 1.14 bits per heavy atom. The second-order valence-corrected chi connectivity index (χ2v) is 6.35. The second kappa shape index (κ2) is 7.11. The van der Waals surface area contributed by atoms with E-state index in [4.69, 9.17) is 5.11 Å². The van der Waals surface area contributed by atoms with E-state index in [9.17, 15) is 9.59 Å². The molecule has 0 bridgehead atoms. The Morgan fingerprint density at radius 2 is 1.76 bits per heavy atom. The average molecular weight is 297 g/mol. The Kier molecular flexibility index (Phi) is 5.45. The van der Waals surface area contributed by atoms with Crippen LogP contribution in [0.3, 0.4) is 0 Å². The lowest BCUT2D eigenvalue weighted by Crippen LogP contribution is -2.56. The molecule has 6 nitrogen and oxygen atoms in total. The fourth-order valence-corrected chi connectivity index (χ4v) is 3.25. The maximum atomic E-state index is 12.3. The van der Waals surface area contributed by atoms with Crippen molar-refractivity contribution in [2.45, 2.75) is 51.6 Å². The van der Waals surface area contributed by atoms with Gasteiger partial charge in [0.25, 0.3) is 0 Å². The van der Waals surface area contributed by atoms with Crippen molar-refractivity contribution >= 4 is 12.0 Å². The third-order valence-electron chi connectivity index (χ3n) is 4.93. The molecule has 21 heavy (non-hydrogen) atoms. The van der Waals surface area contributed by atoms with E-state index in [1.165, 1.54) is 19.3 Å². The molecule has 2 N–H and O–H groups in total. The summed E-state index contributed by atoms with van der Waals surface area (Å²) in [5, 5.41) is 12.2. The number of piperazine rings is 1. The van der Waals surface area contributed by atoms with Gasteiger partial charge in [0, 0.05) is 32.2 Å². The van der Waals surface area contributed by atoms with Gasteiger partial charge < -0.3 is 15.3 Å². The van der Waals surface area contributed by atoms with Crippen molar-refractivity contribution in [3.8, 4) is 0 Å². The second-order valence-electron chi connectivity index (χ2n) is 6.35. The van der Waals surface area contributed by atoms with Crippen molar-refractivity contribution < 1.29 is 14.7 Å². The molecule has 120 valence electrons. The predicted octanol–water partition coefficient (Wildman–Crippen LogP) is 1.37. The molecule has 0 aromatic heterocycles. The zero-order chi connectivity index (χ0) is 15.4. The third kappa shape index (κ3) is 4.09. The van der Waals surface area contributed by atoms with E-state index in [-0.39, 0.29) is 6.03 Å². The molecule has 2 aliphatic rings. The fraction of sp³-hybridized carbons (Fsp3) is 0.867. The molecule has 6 heteroatoms. The van der Waals surface area contributed by atoms with Gasteiger partial charge in [-0.3, -0.25) is 9.69 Å². The lowest BCUT2D eigenvalue weighted by molar-refractivity contribution is -0.143. The van der Waals surface area contributed by atoms with E-state index < -0.39 is 12.0 Å². The molecule has 1 heterocycles. The zero-order valence-electron chi connectivity index (χ0n) is 13.0. The number of hydrogen-bond acceptors (Lipinski definition) is 3. The monoisotopic (exact) mass is 297 g/mol. The molecule has 1 aliphatic heterocycles. The number of aliphatic carboxylic acids is 1. The summed E-state index contributed by atoms with van der Waals surface area (Å²) in [5.74, 6) is -0.250. The molecule has 0 aromatic rings. The summed E-state index contributed by atoms with van der Waals surface area (Å²) in [7, 11) is 0. The van der Waals surface area contributed by atoms with Crippen LogP contribution in [-0.2, 0) is 4.79 Å². The average Bonchev–Trinajstić information content (AvgIpc) is 2.49. The lowest BCUT2D eigenvalue weighted by Gasteiger charge is -2.38. The number of urea groups is 1.